The Morgan fingerprint density at radius 2 is 2.22 bits per heavy atom. The quantitative estimate of drug-likeness (QED) is 0.769. The second-order valence-electron chi connectivity index (χ2n) is 3.93. The van der Waals surface area contributed by atoms with Gasteiger partial charge in [0.25, 0.3) is 0 Å². The van der Waals surface area contributed by atoms with Gasteiger partial charge >= 0.3 is 0 Å². The van der Waals surface area contributed by atoms with Crippen molar-refractivity contribution in [2.45, 2.75) is 24.3 Å². The van der Waals surface area contributed by atoms with Crippen LogP contribution in [0.4, 0.5) is 5.82 Å². The zero-order valence-electron chi connectivity index (χ0n) is 10.8. The Morgan fingerprint density at radius 3 is 2.83 bits per heavy atom. The molecule has 0 radical (unpaired) electrons. The zero-order valence-corrected chi connectivity index (χ0v) is 11.6. The van der Waals surface area contributed by atoms with Crippen molar-refractivity contribution in [1.82, 2.24) is 9.71 Å². The highest BCUT2D eigenvalue weighted by molar-refractivity contribution is 7.89. The molecule has 1 aromatic rings. The van der Waals surface area contributed by atoms with Crippen LogP contribution in [-0.4, -0.2) is 40.2 Å². The zero-order chi connectivity index (χ0) is 13.6. The summed E-state index contributed by atoms with van der Waals surface area (Å²) >= 11 is 0. The van der Waals surface area contributed by atoms with Crippen molar-refractivity contribution in [3.05, 3.63) is 18.3 Å². The molecule has 0 saturated heterocycles. The van der Waals surface area contributed by atoms with Crippen LogP contribution in [0.3, 0.4) is 0 Å². The number of pyridine rings is 1. The highest BCUT2D eigenvalue weighted by Crippen LogP contribution is 2.12. The van der Waals surface area contributed by atoms with Gasteiger partial charge in [0.2, 0.25) is 10.0 Å². The molecule has 0 aliphatic carbocycles. The van der Waals surface area contributed by atoms with E-state index in [1.165, 1.54) is 18.3 Å². The molecule has 6 nitrogen and oxygen atoms in total. The van der Waals surface area contributed by atoms with Crippen LogP contribution < -0.4 is 10.0 Å². The second kappa shape index (κ2) is 6.67. The molecule has 0 saturated carbocycles. The number of hydrogen-bond acceptors (Lipinski definition) is 5. The number of methoxy groups -OCH3 is 1. The molecule has 1 rings (SSSR count). The molecule has 18 heavy (non-hydrogen) atoms. The molecule has 0 bridgehead atoms. The number of nitrogens with zero attached hydrogens (tertiary/aromatic N) is 1. The Kier molecular flexibility index (Phi) is 5.52. The summed E-state index contributed by atoms with van der Waals surface area (Å²) in [5.41, 5.74) is 0. The van der Waals surface area contributed by atoms with E-state index in [-0.39, 0.29) is 10.9 Å². The van der Waals surface area contributed by atoms with E-state index >= 15 is 0 Å². The van der Waals surface area contributed by atoms with E-state index in [1.54, 1.807) is 21.1 Å². The normalized spacial score (nSPS) is 13.3. The average molecular weight is 273 g/mol. The molecule has 0 spiro atoms. The van der Waals surface area contributed by atoms with Gasteiger partial charge < -0.3 is 10.1 Å². The largest absolute Gasteiger partial charge is 0.385 e. The van der Waals surface area contributed by atoms with Crippen LogP contribution in [-0.2, 0) is 14.8 Å². The monoisotopic (exact) mass is 273 g/mol. The summed E-state index contributed by atoms with van der Waals surface area (Å²) in [6, 6.07) is 2.78. The molecule has 0 fully saturated rings. The van der Waals surface area contributed by atoms with E-state index < -0.39 is 10.0 Å². The van der Waals surface area contributed by atoms with Crippen molar-refractivity contribution in [1.29, 1.82) is 0 Å². The van der Waals surface area contributed by atoms with Crippen molar-refractivity contribution < 1.29 is 13.2 Å². The van der Waals surface area contributed by atoms with Gasteiger partial charge in [-0.1, -0.05) is 0 Å². The van der Waals surface area contributed by atoms with Crippen molar-refractivity contribution in [3.63, 3.8) is 0 Å². The van der Waals surface area contributed by atoms with E-state index in [0.29, 0.717) is 18.8 Å². The predicted molar refractivity (Wildman–Crippen MR) is 70.1 cm³/mol. The van der Waals surface area contributed by atoms with Crippen LogP contribution in [0.2, 0.25) is 0 Å². The van der Waals surface area contributed by atoms with E-state index in [0.717, 1.165) is 0 Å². The van der Waals surface area contributed by atoms with Gasteiger partial charge in [-0.2, -0.15) is 0 Å². The summed E-state index contributed by atoms with van der Waals surface area (Å²) in [4.78, 5) is 4.18. The molecule has 0 amide bonds. The number of aromatic nitrogens is 1. The first kappa shape index (κ1) is 14.9. The molecule has 0 aliphatic rings. The Bertz CT molecular complexity index is 476. The Labute approximate surface area is 108 Å². The van der Waals surface area contributed by atoms with Gasteiger partial charge in [0, 0.05) is 39.1 Å². The summed E-state index contributed by atoms with van der Waals surface area (Å²) in [7, 11) is -0.234. The maximum absolute atomic E-state index is 12.1. The molecule has 1 unspecified atom stereocenters. The van der Waals surface area contributed by atoms with Gasteiger partial charge in [-0.15, -0.1) is 0 Å². The van der Waals surface area contributed by atoms with E-state index in [2.05, 4.69) is 15.0 Å². The number of nitrogens with one attached hydrogen (secondary N) is 2. The predicted octanol–water partition coefficient (Wildman–Crippen LogP) is 0.827. The summed E-state index contributed by atoms with van der Waals surface area (Å²) < 4.78 is 31.6. The van der Waals surface area contributed by atoms with Gasteiger partial charge in [-0.3, -0.25) is 0 Å². The second-order valence-corrected chi connectivity index (χ2v) is 5.64. The van der Waals surface area contributed by atoms with Crippen molar-refractivity contribution in [3.8, 4) is 0 Å². The third kappa shape index (κ3) is 4.25. The Balaban J connectivity index is 2.79. The maximum Gasteiger partial charge on any atom is 0.240 e. The molecular weight excluding hydrogens is 254 g/mol. The van der Waals surface area contributed by atoms with Crippen LogP contribution in [0, 0.1) is 0 Å². The first-order valence-corrected chi connectivity index (χ1v) is 7.13. The molecule has 0 aliphatic heterocycles. The minimum Gasteiger partial charge on any atom is -0.385 e. The third-order valence-corrected chi connectivity index (χ3v) is 4.00. The fourth-order valence-corrected chi connectivity index (χ4v) is 2.69. The summed E-state index contributed by atoms with van der Waals surface area (Å²) in [5, 5.41) is 2.80. The lowest BCUT2D eigenvalue weighted by Crippen LogP contribution is -2.33. The van der Waals surface area contributed by atoms with Gasteiger partial charge in [0.1, 0.15) is 5.82 Å². The fourth-order valence-electron chi connectivity index (χ4n) is 1.40. The summed E-state index contributed by atoms with van der Waals surface area (Å²) in [5.74, 6) is 0.516. The number of hydrogen-bond donors (Lipinski definition) is 2. The van der Waals surface area contributed by atoms with E-state index in [4.69, 9.17) is 4.74 Å². The van der Waals surface area contributed by atoms with Crippen LogP contribution in [0.15, 0.2) is 23.2 Å². The molecule has 102 valence electrons. The van der Waals surface area contributed by atoms with Gasteiger partial charge in [-0.25, -0.2) is 18.1 Å². The molecule has 1 atom stereocenters. The van der Waals surface area contributed by atoms with Crippen LogP contribution in [0.5, 0.6) is 0 Å². The number of ether oxygens (including phenoxy) is 1. The molecule has 1 heterocycles. The van der Waals surface area contributed by atoms with Crippen molar-refractivity contribution in [2.24, 2.45) is 0 Å². The molecule has 2 N–H and O–H groups in total. The van der Waals surface area contributed by atoms with E-state index in [9.17, 15) is 8.42 Å². The van der Waals surface area contributed by atoms with Gasteiger partial charge in [0.15, 0.2) is 0 Å². The average Bonchev–Trinajstić information content (AvgIpc) is 2.36. The molecule has 0 aromatic carbocycles. The van der Waals surface area contributed by atoms with Crippen molar-refractivity contribution >= 4 is 15.8 Å². The standard InChI is InChI=1S/C11H19N3O3S/c1-9(5-7-17-3)14-18(15,16)10-4-6-13-11(8-10)12-2/h4,6,8-9,14H,5,7H2,1-3H3,(H,12,13). The third-order valence-electron chi connectivity index (χ3n) is 2.41. The molecular formula is C11H19N3O3S. The topological polar surface area (TPSA) is 80.3 Å². The lowest BCUT2D eigenvalue weighted by Gasteiger charge is -2.14. The minimum absolute atomic E-state index is 0.179. The molecule has 1 aromatic heterocycles. The fraction of sp³-hybridized carbons (Fsp3) is 0.545. The maximum atomic E-state index is 12.1. The van der Waals surface area contributed by atoms with Gasteiger partial charge in [0.05, 0.1) is 4.90 Å². The number of anilines is 1. The minimum atomic E-state index is -3.51. The summed E-state index contributed by atoms with van der Waals surface area (Å²) in [6.07, 6.45) is 2.08. The lowest BCUT2D eigenvalue weighted by molar-refractivity contribution is 0.188. The van der Waals surface area contributed by atoms with Crippen LogP contribution >= 0.6 is 0 Å². The molecule has 7 heteroatoms. The van der Waals surface area contributed by atoms with E-state index in [1.807, 2.05) is 0 Å². The van der Waals surface area contributed by atoms with Crippen LogP contribution in [0.1, 0.15) is 13.3 Å². The first-order chi connectivity index (χ1) is 8.49. The lowest BCUT2D eigenvalue weighted by atomic mass is 10.3. The van der Waals surface area contributed by atoms with Crippen molar-refractivity contribution in [2.75, 3.05) is 26.1 Å². The number of rotatable bonds is 7. The Morgan fingerprint density at radius 1 is 1.50 bits per heavy atom. The SMILES string of the molecule is CNc1cc(S(=O)(=O)NC(C)CCOC)ccn1. The first-order valence-electron chi connectivity index (χ1n) is 5.64. The summed E-state index contributed by atoms with van der Waals surface area (Å²) in [6.45, 7) is 2.32. The highest BCUT2D eigenvalue weighted by Gasteiger charge is 2.17. The Hall–Kier alpha value is -1.18. The van der Waals surface area contributed by atoms with Crippen LogP contribution in [0.25, 0.3) is 0 Å². The highest BCUT2D eigenvalue weighted by atomic mass is 32.2. The number of sulfonamides is 1. The smallest absolute Gasteiger partial charge is 0.240 e. The van der Waals surface area contributed by atoms with Gasteiger partial charge in [-0.05, 0) is 19.4 Å².